The smallest absolute Gasteiger partial charge is 0.297 e. The first-order valence-corrected chi connectivity index (χ1v) is 9.54. The Bertz CT molecular complexity index is 1220. The molecule has 0 unspecified atom stereocenters. The molecule has 0 bridgehead atoms. The number of hydrogen-bond donors (Lipinski definition) is 0. The molecule has 146 valence electrons. The fourth-order valence-electron chi connectivity index (χ4n) is 3.55. The number of benzene rings is 1. The van der Waals surface area contributed by atoms with Crippen molar-refractivity contribution in [3.63, 3.8) is 0 Å². The van der Waals surface area contributed by atoms with Crippen LogP contribution < -0.4 is 16.3 Å². The van der Waals surface area contributed by atoms with Crippen molar-refractivity contribution in [3.05, 3.63) is 55.7 Å². The molecule has 0 aliphatic carbocycles. The lowest BCUT2D eigenvalue weighted by Gasteiger charge is -2.25. The zero-order valence-corrected chi connectivity index (χ0v) is 16.8. The van der Waals surface area contributed by atoms with Gasteiger partial charge in [-0.15, -0.1) is 0 Å². The zero-order valence-electron chi connectivity index (χ0n) is 16.0. The molecule has 0 N–H and O–H groups in total. The molecule has 0 amide bonds. The van der Waals surface area contributed by atoms with Gasteiger partial charge in [0.15, 0.2) is 11.2 Å². The molecule has 0 saturated carbocycles. The van der Waals surface area contributed by atoms with Gasteiger partial charge in [0.25, 0.3) is 5.56 Å². The minimum Gasteiger partial charge on any atom is -0.297 e. The largest absolute Gasteiger partial charge is 0.332 e. The molecule has 3 heterocycles. The molecule has 28 heavy (non-hydrogen) atoms. The number of aryl methyl sites for hydroxylation is 1. The number of aromatic nitrogens is 4. The number of fused-ring (bicyclic) bond motifs is 3. The number of nitrogens with zero attached hydrogens (tertiary/aromatic N) is 6. The van der Waals surface area contributed by atoms with Crippen molar-refractivity contribution >= 4 is 34.4 Å². The van der Waals surface area contributed by atoms with Crippen molar-refractivity contribution in [1.82, 2.24) is 18.7 Å². The maximum Gasteiger partial charge on any atom is 0.332 e. The van der Waals surface area contributed by atoms with Crippen LogP contribution in [0.25, 0.3) is 11.2 Å². The molecule has 9 heteroatoms. The van der Waals surface area contributed by atoms with E-state index in [0.717, 1.165) is 11.3 Å². The summed E-state index contributed by atoms with van der Waals surface area (Å²) in [5, 5.41) is 7.01. The minimum absolute atomic E-state index is 0.309. The zero-order chi connectivity index (χ0) is 20.0. The van der Waals surface area contributed by atoms with Crippen LogP contribution in [0.3, 0.4) is 0 Å². The van der Waals surface area contributed by atoms with E-state index < -0.39 is 0 Å². The lowest BCUT2D eigenvalue weighted by molar-refractivity contribution is 0.590. The monoisotopic (exact) mass is 400 g/mol. The van der Waals surface area contributed by atoms with Crippen LogP contribution >= 0.6 is 11.6 Å². The molecular weight excluding hydrogens is 380 g/mol. The van der Waals surface area contributed by atoms with Crippen molar-refractivity contribution in [2.75, 3.05) is 5.01 Å². The third-order valence-corrected chi connectivity index (χ3v) is 5.03. The van der Waals surface area contributed by atoms with Gasteiger partial charge in [-0.3, -0.25) is 18.5 Å². The van der Waals surface area contributed by atoms with E-state index in [1.54, 1.807) is 12.1 Å². The Balaban J connectivity index is 1.91. The third-order valence-electron chi connectivity index (χ3n) is 4.79. The topological polar surface area (TPSA) is 77.4 Å². The molecule has 0 fully saturated rings. The van der Waals surface area contributed by atoms with Crippen LogP contribution in [0.5, 0.6) is 0 Å². The van der Waals surface area contributed by atoms with Gasteiger partial charge in [0, 0.05) is 18.6 Å². The molecule has 0 saturated heterocycles. The standard InChI is InChI=1S/C19H21ClN6O2/c1-4-8-24-17(27)15-16(23(3)19(24)28)21-18-25(15)10-12(2)22-26(18)11-13-6-5-7-14(20)9-13/h5-7,9H,4,8,10-11H2,1-3H3. The van der Waals surface area contributed by atoms with E-state index in [9.17, 15) is 9.59 Å². The molecule has 1 aromatic carbocycles. The number of hydrazone groups is 1. The number of anilines is 1. The molecule has 1 aliphatic heterocycles. The van der Waals surface area contributed by atoms with E-state index in [-0.39, 0.29) is 11.2 Å². The second-order valence-electron chi connectivity index (χ2n) is 6.99. The van der Waals surface area contributed by atoms with E-state index in [1.165, 1.54) is 9.13 Å². The van der Waals surface area contributed by atoms with E-state index in [0.29, 0.717) is 48.2 Å². The Morgan fingerprint density at radius 1 is 1.25 bits per heavy atom. The minimum atomic E-state index is -0.353. The summed E-state index contributed by atoms with van der Waals surface area (Å²) in [4.78, 5) is 30.3. The van der Waals surface area contributed by atoms with Gasteiger partial charge in [-0.05, 0) is 31.0 Å². The average Bonchev–Trinajstić information content (AvgIpc) is 3.03. The van der Waals surface area contributed by atoms with Crippen LogP contribution in [-0.2, 0) is 26.7 Å². The lowest BCUT2D eigenvalue weighted by Crippen LogP contribution is -2.40. The molecule has 2 aromatic heterocycles. The van der Waals surface area contributed by atoms with Crippen molar-refractivity contribution in [1.29, 1.82) is 0 Å². The van der Waals surface area contributed by atoms with Gasteiger partial charge in [-0.2, -0.15) is 10.1 Å². The first kappa shape index (κ1) is 18.5. The fraction of sp³-hybridized carbons (Fsp3) is 0.368. The van der Waals surface area contributed by atoms with Crippen LogP contribution in [0.4, 0.5) is 5.95 Å². The second kappa shape index (κ2) is 6.94. The van der Waals surface area contributed by atoms with Crippen LogP contribution in [-0.4, -0.2) is 24.4 Å². The van der Waals surface area contributed by atoms with E-state index >= 15 is 0 Å². The summed E-state index contributed by atoms with van der Waals surface area (Å²) in [6, 6.07) is 7.53. The molecule has 4 rings (SSSR count). The van der Waals surface area contributed by atoms with E-state index in [2.05, 4.69) is 10.1 Å². The summed E-state index contributed by atoms with van der Waals surface area (Å²) >= 11 is 6.10. The normalized spacial score (nSPS) is 13.7. The molecule has 0 atom stereocenters. The summed E-state index contributed by atoms with van der Waals surface area (Å²) in [6.45, 7) is 5.13. The second-order valence-corrected chi connectivity index (χ2v) is 7.43. The number of imidazole rings is 1. The fourth-order valence-corrected chi connectivity index (χ4v) is 3.77. The highest BCUT2D eigenvalue weighted by atomic mass is 35.5. The van der Waals surface area contributed by atoms with Crippen LogP contribution in [0.1, 0.15) is 25.8 Å². The molecule has 1 aliphatic rings. The van der Waals surface area contributed by atoms with Crippen molar-refractivity contribution < 1.29 is 0 Å². The molecule has 8 nitrogen and oxygen atoms in total. The van der Waals surface area contributed by atoms with Gasteiger partial charge in [0.1, 0.15) is 0 Å². The van der Waals surface area contributed by atoms with Crippen molar-refractivity contribution in [2.24, 2.45) is 12.1 Å². The quantitative estimate of drug-likeness (QED) is 0.673. The summed E-state index contributed by atoms with van der Waals surface area (Å²) in [5.41, 5.74) is 1.96. The summed E-state index contributed by atoms with van der Waals surface area (Å²) in [5.74, 6) is 0.543. The number of hydrogen-bond acceptors (Lipinski definition) is 5. The first-order valence-electron chi connectivity index (χ1n) is 9.16. The number of rotatable bonds is 4. The van der Waals surface area contributed by atoms with E-state index in [1.807, 2.05) is 42.7 Å². The Morgan fingerprint density at radius 3 is 2.75 bits per heavy atom. The van der Waals surface area contributed by atoms with Crippen molar-refractivity contribution in [3.8, 4) is 0 Å². The molecule has 0 spiro atoms. The highest BCUT2D eigenvalue weighted by molar-refractivity contribution is 6.30. The van der Waals surface area contributed by atoms with Crippen LogP contribution in [0.15, 0.2) is 39.0 Å². The first-order chi connectivity index (χ1) is 13.4. The summed E-state index contributed by atoms with van der Waals surface area (Å²) in [6.07, 6.45) is 0.697. The van der Waals surface area contributed by atoms with Gasteiger partial charge in [0.2, 0.25) is 5.95 Å². The van der Waals surface area contributed by atoms with Crippen LogP contribution in [0, 0.1) is 0 Å². The molecule has 3 aromatic rings. The lowest BCUT2D eigenvalue weighted by atomic mass is 10.2. The predicted octanol–water partition coefficient (Wildman–Crippen LogP) is 2.36. The maximum atomic E-state index is 13.1. The van der Waals surface area contributed by atoms with Gasteiger partial charge >= 0.3 is 5.69 Å². The van der Waals surface area contributed by atoms with Gasteiger partial charge in [-0.1, -0.05) is 30.7 Å². The Hall–Kier alpha value is -2.87. The summed E-state index contributed by atoms with van der Waals surface area (Å²) < 4.78 is 4.56. The van der Waals surface area contributed by atoms with Crippen LogP contribution in [0.2, 0.25) is 5.02 Å². The molecule has 0 radical (unpaired) electrons. The molecular formula is C19H21ClN6O2. The van der Waals surface area contributed by atoms with Gasteiger partial charge < -0.3 is 0 Å². The predicted molar refractivity (Wildman–Crippen MR) is 110 cm³/mol. The number of halogens is 1. The Kier molecular flexibility index (Phi) is 4.58. The third kappa shape index (κ3) is 2.93. The van der Waals surface area contributed by atoms with E-state index in [4.69, 9.17) is 11.6 Å². The summed E-state index contributed by atoms with van der Waals surface area (Å²) in [7, 11) is 1.64. The highest BCUT2D eigenvalue weighted by Gasteiger charge is 2.26. The van der Waals surface area contributed by atoms with Gasteiger partial charge in [0.05, 0.1) is 18.8 Å². The Labute approximate surface area is 166 Å². The average molecular weight is 401 g/mol. The Morgan fingerprint density at radius 2 is 2.04 bits per heavy atom. The highest BCUT2D eigenvalue weighted by Crippen LogP contribution is 2.25. The van der Waals surface area contributed by atoms with Crippen molar-refractivity contribution in [2.45, 2.75) is 39.9 Å². The van der Waals surface area contributed by atoms with Gasteiger partial charge in [-0.25, -0.2) is 9.80 Å². The SMILES string of the molecule is CCCn1c(=O)c2c(nc3n2CC(C)=NN3Cc2cccc(Cl)c2)n(C)c1=O. The maximum absolute atomic E-state index is 13.1.